The van der Waals surface area contributed by atoms with Crippen LogP contribution in [0, 0.1) is 5.92 Å². The first-order valence-corrected chi connectivity index (χ1v) is 5.26. The monoisotopic (exact) mass is 168 g/mol. The van der Waals surface area contributed by atoms with Crippen LogP contribution in [0.3, 0.4) is 0 Å². The summed E-state index contributed by atoms with van der Waals surface area (Å²) in [5, 5.41) is 3.65. The van der Waals surface area contributed by atoms with Crippen molar-refractivity contribution in [3.8, 4) is 0 Å². The lowest BCUT2D eigenvalue weighted by Gasteiger charge is -2.40. The van der Waals surface area contributed by atoms with Crippen molar-refractivity contribution in [1.29, 1.82) is 0 Å². The van der Waals surface area contributed by atoms with Gasteiger partial charge in [-0.05, 0) is 45.3 Å². The zero-order valence-electron chi connectivity index (χ0n) is 8.21. The summed E-state index contributed by atoms with van der Waals surface area (Å²) in [5.41, 5.74) is 0. The number of piperidine rings is 1. The van der Waals surface area contributed by atoms with E-state index in [0.29, 0.717) is 0 Å². The summed E-state index contributed by atoms with van der Waals surface area (Å²) in [4.78, 5) is 2.53. The Morgan fingerprint density at radius 3 is 3.00 bits per heavy atom. The molecule has 3 unspecified atom stereocenters. The first-order chi connectivity index (χ1) is 5.83. The first kappa shape index (κ1) is 8.52. The Balaban J connectivity index is 2.06. The van der Waals surface area contributed by atoms with Crippen LogP contribution in [0.5, 0.6) is 0 Å². The van der Waals surface area contributed by atoms with Crippen molar-refractivity contribution in [3.05, 3.63) is 0 Å². The van der Waals surface area contributed by atoms with Gasteiger partial charge in [0.15, 0.2) is 0 Å². The minimum Gasteiger partial charge on any atom is -0.312 e. The molecule has 2 rings (SSSR count). The zero-order chi connectivity index (χ0) is 8.55. The van der Waals surface area contributed by atoms with E-state index in [1.807, 2.05) is 0 Å². The van der Waals surface area contributed by atoms with Gasteiger partial charge >= 0.3 is 0 Å². The predicted octanol–water partition coefficient (Wildman–Crippen LogP) is 1.08. The van der Waals surface area contributed by atoms with E-state index >= 15 is 0 Å². The van der Waals surface area contributed by atoms with Gasteiger partial charge < -0.3 is 10.2 Å². The quantitative estimate of drug-likeness (QED) is 0.630. The van der Waals surface area contributed by atoms with Crippen LogP contribution >= 0.6 is 0 Å². The average molecular weight is 168 g/mol. The molecule has 0 radical (unpaired) electrons. The fraction of sp³-hybridized carbons (Fsp3) is 1.00. The third-order valence-corrected chi connectivity index (χ3v) is 3.65. The molecule has 0 amide bonds. The average Bonchev–Trinajstić information content (AvgIpc) is 2.52. The summed E-state index contributed by atoms with van der Waals surface area (Å²) in [6.07, 6.45) is 4.12. The molecule has 2 saturated heterocycles. The number of likely N-dealkylation sites (N-methyl/N-ethyl adjacent to an activating group) is 1. The standard InChI is InChI=1S/C10H20N2/c1-3-9-10-8(4-6-11-10)5-7-12(9)2/h8-11H,3-7H2,1-2H3. The Morgan fingerprint density at radius 2 is 2.25 bits per heavy atom. The molecule has 12 heavy (non-hydrogen) atoms. The smallest absolute Gasteiger partial charge is 0.0252 e. The van der Waals surface area contributed by atoms with Gasteiger partial charge in [0.2, 0.25) is 0 Å². The van der Waals surface area contributed by atoms with Gasteiger partial charge in [-0.1, -0.05) is 6.92 Å². The fourth-order valence-corrected chi connectivity index (χ4v) is 2.93. The van der Waals surface area contributed by atoms with Crippen molar-refractivity contribution < 1.29 is 0 Å². The molecule has 0 aliphatic carbocycles. The van der Waals surface area contributed by atoms with E-state index in [-0.39, 0.29) is 0 Å². The Kier molecular flexibility index (Phi) is 2.37. The van der Waals surface area contributed by atoms with Gasteiger partial charge in [0.1, 0.15) is 0 Å². The molecule has 2 heterocycles. The second kappa shape index (κ2) is 3.35. The van der Waals surface area contributed by atoms with Crippen molar-refractivity contribution in [1.82, 2.24) is 10.2 Å². The summed E-state index contributed by atoms with van der Waals surface area (Å²) in [6, 6.07) is 1.60. The van der Waals surface area contributed by atoms with Gasteiger partial charge in [0, 0.05) is 12.1 Å². The lowest BCUT2D eigenvalue weighted by atomic mass is 9.86. The minimum atomic E-state index is 0.797. The summed E-state index contributed by atoms with van der Waals surface area (Å²) >= 11 is 0. The van der Waals surface area contributed by atoms with Gasteiger partial charge in [-0.15, -0.1) is 0 Å². The molecule has 0 aromatic rings. The maximum atomic E-state index is 3.65. The van der Waals surface area contributed by atoms with Crippen LogP contribution in [0.1, 0.15) is 26.2 Å². The van der Waals surface area contributed by atoms with E-state index in [4.69, 9.17) is 0 Å². The van der Waals surface area contributed by atoms with Crippen LogP contribution in [0.4, 0.5) is 0 Å². The number of rotatable bonds is 1. The summed E-state index contributed by atoms with van der Waals surface area (Å²) in [5.74, 6) is 0.978. The van der Waals surface area contributed by atoms with Crippen molar-refractivity contribution in [2.75, 3.05) is 20.1 Å². The molecule has 0 bridgehead atoms. The van der Waals surface area contributed by atoms with Crippen molar-refractivity contribution >= 4 is 0 Å². The highest BCUT2D eigenvalue weighted by Crippen LogP contribution is 2.29. The Bertz CT molecular complexity index is 158. The van der Waals surface area contributed by atoms with Crippen LogP contribution < -0.4 is 5.32 Å². The van der Waals surface area contributed by atoms with E-state index in [1.54, 1.807) is 0 Å². The molecule has 2 aliphatic heterocycles. The number of hydrogen-bond donors (Lipinski definition) is 1. The highest BCUT2D eigenvalue weighted by molar-refractivity contribution is 4.96. The maximum Gasteiger partial charge on any atom is 0.0252 e. The number of nitrogens with zero attached hydrogens (tertiary/aromatic N) is 1. The lowest BCUT2D eigenvalue weighted by Crippen LogP contribution is -2.52. The fourth-order valence-electron chi connectivity index (χ4n) is 2.93. The van der Waals surface area contributed by atoms with Crippen LogP contribution in [-0.2, 0) is 0 Å². The highest BCUT2D eigenvalue weighted by atomic mass is 15.2. The second-order valence-corrected chi connectivity index (χ2v) is 4.27. The van der Waals surface area contributed by atoms with Gasteiger partial charge in [-0.25, -0.2) is 0 Å². The molecule has 0 aromatic heterocycles. The molecule has 0 saturated carbocycles. The van der Waals surface area contributed by atoms with Crippen molar-refractivity contribution in [2.45, 2.75) is 38.3 Å². The summed E-state index contributed by atoms with van der Waals surface area (Å²) < 4.78 is 0. The first-order valence-electron chi connectivity index (χ1n) is 5.26. The van der Waals surface area contributed by atoms with E-state index in [2.05, 4.69) is 24.2 Å². The predicted molar refractivity (Wildman–Crippen MR) is 51.2 cm³/mol. The van der Waals surface area contributed by atoms with Crippen LogP contribution in [0.25, 0.3) is 0 Å². The molecule has 2 heteroatoms. The van der Waals surface area contributed by atoms with E-state index in [9.17, 15) is 0 Å². The number of hydrogen-bond acceptors (Lipinski definition) is 2. The Hall–Kier alpha value is -0.0800. The molecule has 3 atom stereocenters. The van der Waals surface area contributed by atoms with Crippen molar-refractivity contribution in [3.63, 3.8) is 0 Å². The van der Waals surface area contributed by atoms with E-state index in [0.717, 1.165) is 18.0 Å². The second-order valence-electron chi connectivity index (χ2n) is 4.27. The van der Waals surface area contributed by atoms with E-state index in [1.165, 1.54) is 32.4 Å². The van der Waals surface area contributed by atoms with Crippen LogP contribution in [0.15, 0.2) is 0 Å². The van der Waals surface area contributed by atoms with Crippen molar-refractivity contribution in [2.24, 2.45) is 5.92 Å². The topological polar surface area (TPSA) is 15.3 Å². The maximum absolute atomic E-state index is 3.65. The normalized spacial score (nSPS) is 43.0. The van der Waals surface area contributed by atoms with E-state index < -0.39 is 0 Å². The Labute approximate surface area is 75.3 Å². The zero-order valence-corrected chi connectivity index (χ0v) is 8.21. The molecule has 2 aliphatic rings. The molecular weight excluding hydrogens is 148 g/mol. The summed E-state index contributed by atoms with van der Waals surface area (Å²) in [7, 11) is 2.27. The molecule has 70 valence electrons. The van der Waals surface area contributed by atoms with Crippen LogP contribution in [-0.4, -0.2) is 37.1 Å². The molecule has 1 N–H and O–H groups in total. The SMILES string of the molecule is CCC1C2NCCC2CCN1C. The highest BCUT2D eigenvalue weighted by Gasteiger charge is 2.37. The Morgan fingerprint density at radius 1 is 1.42 bits per heavy atom. The number of nitrogens with one attached hydrogen (secondary N) is 1. The minimum absolute atomic E-state index is 0.797. The largest absolute Gasteiger partial charge is 0.312 e. The summed E-state index contributed by atoms with van der Waals surface area (Å²) in [6.45, 7) is 4.87. The molecule has 2 fully saturated rings. The van der Waals surface area contributed by atoms with Gasteiger partial charge in [0.25, 0.3) is 0 Å². The lowest BCUT2D eigenvalue weighted by molar-refractivity contribution is 0.116. The van der Waals surface area contributed by atoms with Crippen LogP contribution in [0.2, 0.25) is 0 Å². The molecule has 2 nitrogen and oxygen atoms in total. The number of likely N-dealkylation sites (tertiary alicyclic amines) is 1. The molecule has 0 spiro atoms. The third-order valence-electron chi connectivity index (χ3n) is 3.65. The molecular formula is C10H20N2. The van der Waals surface area contributed by atoms with Gasteiger partial charge in [-0.3, -0.25) is 0 Å². The van der Waals surface area contributed by atoms with Gasteiger partial charge in [0.05, 0.1) is 0 Å². The van der Waals surface area contributed by atoms with Gasteiger partial charge in [-0.2, -0.15) is 0 Å². The number of fused-ring (bicyclic) bond motifs is 1. The molecule has 0 aromatic carbocycles. The third kappa shape index (κ3) is 1.27.